The number of carbonyl (C=O) groups is 2. The standard InChI is InChI=1S/C23H19F3N4O8S2/c24-23(25,26)14-3-1-5-18(9-14)40(36,37)29-13-17(38-20-7-6-15(10-19(20)29)28-22(32)33)11-21(31)30(39(34)35)16-4-2-8-27-12-16/h1-10,12,17,28,39H,11,13H2,(H,32,33). The normalized spacial score (nSPS) is 15.2. The minimum atomic E-state index is -4.84. The Morgan fingerprint density at radius 3 is 2.52 bits per heavy atom. The molecule has 2 N–H and O–H groups in total. The molecule has 0 fully saturated rings. The zero-order valence-corrected chi connectivity index (χ0v) is 21.7. The smallest absolute Gasteiger partial charge is 0.416 e. The Balaban J connectivity index is 1.74. The summed E-state index contributed by atoms with van der Waals surface area (Å²) in [6.07, 6.45) is -5.76. The molecule has 1 aliphatic heterocycles. The van der Waals surface area contributed by atoms with Crippen molar-refractivity contribution in [3.8, 4) is 5.75 Å². The van der Waals surface area contributed by atoms with Crippen molar-refractivity contribution in [1.29, 1.82) is 0 Å². The number of ether oxygens (including phenoxy) is 1. The van der Waals surface area contributed by atoms with Gasteiger partial charge >= 0.3 is 12.3 Å². The predicted octanol–water partition coefficient (Wildman–Crippen LogP) is 3.10. The van der Waals surface area contributed by atoms with Crippen LogP contribution in [0, 0.1) is 0 Å². The van der Waals surface area contributed by atoms with Gasteiger partial charge in [-0.25, -0.2) is 25.9 Å². The van der Waals surface area contributed by atoms with Gasteiger partial charge in [0, 0.05) is 11.9 Å². The number of aromatic nitrogens is 1. The van der Waals surface area contributed by atoms with Crippen LogP contribution in [-0.2, 0) is 31.9 Å². The van der Waals surface area contributed by atoms with Crippen molar-refractivity contribution in [2.24, 2.45) is 0 Å². The topological polar surface area (TPSA) is 163 Å². The molecule has 0 radical (unpaired) electrons. The molecule has 2 heterocycles. The average molecular weight is 601 g/mol. The Hall–Kier alpha value is -4.38. The highest BCUT2D eigenvalue weighted by Crippen LogP contribution is 2.40. The van der Waals surface area contributed by atoms with Crippen LogP contribution in [-0.4, -0.2) is 51.6 Å². The molecular weight excluding hydrogens is 581 g/mol. The van der Waals surface area contributed by atoms with Crippen molar-refractivity contribution in [3.05, 3.63) is 72.6 Å². The second-order valence-electron chi connectivity index (χ2n) is 8.27. The quantitative estimate of drug-likeness (QED) is 0.346. The van der Waals surface area contributed by atoms with Crippen LogP contribution in [0.1, 0.15) is 12.0 Å². The van der Waals surface area contributed by atoms with Gasteiger partial charge in [0.2, 0.25) is 16.8 Å². The average Bonchev–Trinajstić information content (AvgIpc) is 2.88. The number of nitrogens with one attached hydrogen (secondary N) is 1. The van der Waals surface area contributed by atoms with E-state index in [2.05, 4.69) is 4.98 Å². The monoisotopic (exact) mass is 600 g/mol. The summed E-state index contributed by atoms with van der Waals surface area (Å²) in [6.45, 7) is -0.621. The lowest BCUT2D eigenvalue weighted by Crippen LogP contribution is -2.46. The number of fused-ring (bicyclic) bond motifs is 1. The Kier molecular flexibility index (Phi) is 7.88. The van der Waals surface area contributed by atoms with Gasteiger partial charge in [0.15, 0.2) is 0 Å². The van der Waals surface area contributed by atoms with Gasteiger partial charge in [0.1, 0.15) is 11.9 Å². The summed E-state index contributed by atoms with van der Waals surface area (Å²) in [5.74, 6) is -1.13. The maximum atomic E-state index is 13.6. The van der Waals surface area contributed by atoms with E-state index < -0.39 is 68.6 Å². The Labute approximate surface area is 226 Å². The Morgan fingerprint density at radius 1 is 1.15 bits per heavy atom. The Morgan fingerprint density at radius 2 is 1.90 bits per heavy atom. The Bertz CT molecular complexity index is 1620. The van der Waals surface area contributed by atoms with E-state index in [0.717, 1.165) is 24.4 Å². The van der Waals surface area contributed by atoms with E-state index in [1.165, 1.54) is 30.5 Å². The molecule has 4 rings (SSSR count). The van der Waals surface area contributed by atoms with Crippen LogP contribution < -0.4 is 18.7 Å². The number of rotatable bonds is 7. The summed E-state index contributed by atoms with van der Waals surface area (Å²) < 4.78 is 97.7. The van der Waals surface area contributed by atoms with Crippen molar-refractivity contribution in [3.63, 3.8) is 0 Å². The number of sulfonamides is 1. The fraction of sp³-hybridized carbons (Fsp3) is 0.174. The molecule has 1 atom stereocenters. The van der Waals surface area contributed by atoms with Crippen LogP contribution in [0.3, 0.4) is 0 Å². The van der Waals surface area contributed by atoms with Crippen molar-refractivity contribution < 1.29 is 49.4 Å². The van der Waals surface area contributed by atoms with Crippen molar-refractivity contribution in [2.75, 3.05) is 20.5 Å². The molecule has 0 bridgehead atoms. The fourth-order valence-electron chi connectivity index (χ4n) is 3.90. The van der Waals surface area contributed by atoms with Gasteiger partial charge in [-0.15, -0.1) is 0 Å². The number of anilines is 3. The van der Waals surface area contributed by atoms with Crippen LogP contribution in [0.4, 0.5) is 35.0 Å². The number of thiol groups is 1. The van der Waals surface area contributed by atoms with E-state index in [-0.39, 0.29) is 22.8 Å². The SMILES string of the molecule is O=C(O)Nc1ccc2c(c1)N(S(=O)(=O)c1cccc(C(F)(F)F)c1)CC(CC(=O)N(c1cccnc1)[SH](=O)=O)O2. The van der Waals surface area contributed by atoms with E-state index in [1.54, 1.807) is 0 Å². The summed E-state index contributed by atoms with van der Waals surface area (Å²) >= 11 is 0. The van der Waals surface area contributed by atoms with Gasteiger partial charge in [-0.2, -0.15) is 13.2 Å². The number of hydrogen-bond donors (Lipinski definition) is 3. The number of nitrogens with zero attached hydrogens (tertiary/aromatic N) is 3. The van der Waals surface area contributed by atoms with Gasteiger partial charge in [-0.3, -0.25) is 19.4 Å². The zero-order valence-electron chi connectivity index (χ0n) is 20.0. The third-order valence-electron chi connectivity index (χ3n) is 5.58. The van der Waals surface area contributed by atoms with Gasteiger partial charge in [-0.1, -0.05) is 6.07 Å². The first kappa shape index (κ1) is 28.6. The van der Waals surface area contributed by atoms with Gasteiger partial charge in [-0.05, 0) is 48.5 Å². The number of pyridine rings is 1. The van der Waals surface area contributed by atoms with E-state index in [0.29, 0.717) is 20.7 Å². The van der Waals surface area contributed by atoms with Crippen LogP contribution in [0.25, 0.3) is 0 Å². The summed E-state index contributed by atoms with van der Waals surface area (Å²) in [5, 5.41) is 11.1. The van der Waals surface area contributed by atoms with Crippen LogP contribution in [0.15, 0.2) is 71.9 Å². The third-order valence-corrected chi connectivity index (χ3v) is 8.14. The zero-order chi connectivity index (χ0) is 29.2. The molecule has 12 nitrogen and oxygen atoms in total. The molecular formula is C23H19F3N4O8S2. The summed E-state index contributed by atoms with van der Waals surface area (Å²) in [7, 11) is -8.21. The van der Waals surface area contributed by atoms with E-state index in [4.69, 9.17) is 9.84 Å². The third kappa shape index (κ3) is 6.09. The molecule has 1 aromatic heterocycles. The lowest BCUT2D eigenvalue weighted by Gasteiger charge is -2.36. The molecule has 2 aromatic carbocycles. The number of alkyl halides is 3. The lowest BCUT2D eigenvalue weighted by molar-refractivity contribution is -0.137. The fourth-order valence-corrected chi connectivity index (χ4v) is 6.01. The summed E-state index contributed by atoms with van der Waals surface area (Å²) in [6, 6.07) is 9.26. The summed E-state index contributed by atoms with van der Waals surface area (Å²) in [5.41, 5.74) is -1.58. The van der Waals surface area contributed by atoms with E-state index in [9.17, 15) is 39.6 Å². The highest BCUT2D eigenvalue weighted by molar-refractivity contribution is 7.92. The molecule has 212 valence electrons. The number of amides is 2. The van der Waals surface area contributed by atoms with Gasteiger partial charge in [0.25, 0.3) is 10.0 Å². The molecule has 0 saturated carbocycles. The lowest BCUT2D eigenvalue weighted by atomic mass is 10.1. The second kappa shape index (κ2) is 11.0. The molecule has 0 spiro atoms. The number of carbonyl (C=O) groups excluding carboxylic acids is 1. The van der Waals surface area contributed by atoms with Crippen LogP contribution in [0.5, 0.6) is 5.75 Å². The second-order valence-corrected chi connectivity index (χ2v) is 11.0. The first-order chi connectivity index (χ1) is 18.8. The minimum Gasteiger partial charge on any atom is -0.486 e. The molecule has 3 aromatic rings. The largest absolute Gasteiger partial charge is 0.486 e. The van der Waals surface area contributed by atoms with Gasteiger partial charge in [0.05, 0.1) is 41.0 Å². The minimum absolute atomic E-state index is 0.0697. The predicted molar refractivity (Wildman–Crippen MR) is 135 cm³/mol. The van der Waals surface area contributed by atoms with Crippen molar-refractivity contribution in [1.82, 2.24) is 4.98 Å². The first-order valence-electron chi connectivity index (χ1n) is 11.2. The molecule has 1 unspecified atom stereocenters. The number of halogens is 3. The van der Waals surface area contributed by atoms with Gasteiger partial charge < -0.3 is 9.84 Å². The molecule has 2 amide bonds. The van der Waals surface area contributed by atoms with E-state index in [1.807, 2.05) is 5.32 Å². The van der Waals surface area contributed by atoms with E-state index >= 15 is 0 Å². The molecule has 40 heavy (non-hydrogen) atoms. The number of benzene rings is 2. The first-order valence-corrected chi connectivity index (χ1v) is 13.7. The maximum absolute atomic E-state index is 13.6. The van der Waals surface area contributed by atoms with Crippen LogP contribution >= 0.6 is 0 Å². The number of carboxylic acid groups (broad SMARTS) is 1. The molecule has 0 aliphatic carbocycles. The highest BCUT2D eigenvalue weighted by Gasteiger charge is 2.38. The highest BCUT2D eigenvalue weighted by atomic mass is 32.2. The van der Waals surface area contributed by atoms with Crippen molar-refractivity contribution in [2.45, 2.75) is 23.6 Å². The summed E-state index contributed by atoms with van der Waals surface area (Å²) in [4.78, 5) is 27.1. The molecule has 1 aliphatic rings. The molecule has 17 heteroatoms. The molecule has 0 saturated heterocycles. The van der Waals surface area contributed by atoms with Crippen LogP contribution in [0.2, 0.25) is 0 Å². The maximum Gasteiger partial charge on any atom is 0.416 e. The van der Waals surface area contributed by atoms with Crippen molar-refractivity contribution >= 4 is 50.0 Å². The number of hydrogen-bond acceptors (Lipinski definition) is 8.